The van der Waals surface area contributed by atoms with Crippen molar-refractivity contribution in [3.05, 3.63) is 34.6 Å². The van der Waals surface area contributed by atoms with Gasteiger partial charge in [0.15, 0.2) is 0 Å². The summed E-state index contributed by atoms with van der Waals surface area (Å²) in [4.78, 5) is 2.25. The van der Waals surface area contributed by atoms with Crippen LogP contribution in [-0.4, -0.2) is 23.4 Å². The van der Waals surface area contributed by atoms with Gasteiger partial charge in [0.2, 0.25) is 0 Å². The van der Waals surface area contributed by atoms with Gasteiger partial charge in [-0.15, -0.1) is 11.6 Å². The summed E-state index contributed by atoms with van der Waals surface area (Å²) in [5, 5.41) is 0.743. The maximum absolute atomic E-state index is 13.7. The van der Waals surface area contributed by atoms with Crippen LogP contribution < -0.4 is 0 Å². The molecule has 0 radical (unpaired) electrons. The summed E-state index contributed by atoms with van der Waals surface area (Å²) in [5.41, 5.74) is 0.608. The molecule has 1 unspecified atom stereocenters. The van der Waals surface area contributed by atoms with Gasteiger partial charge in [0.1, 0.15) is 5.82 Å². The molecule has 2 rings (SSSR count). The summed E-state index contributed by atoms with van der Waals surface area (Å²) in [7, 11) is 0. The van der Waals surface area contributed by atoms with E-state index < -0.39 is 0 Å². The minimum Gasteiger partial charge on any atom is -0.299 e. The van der Waals surface area contributed by atoms with Gasteiger partial charge in [0, 0.05) is 22.5 Å². The molecule has 1 aliphatic heterocycles. The first-order valence-electron chi connectivity index (χ1n) is 6.37. The van der Waals surface area contributed by atoms with E-state index in [9.17, 15) is 4.39 Å². The number of hydrogen-bond donors (Lipinski definition) is 0. The second-order valence-electron chi connectivity index (χ2n) is 4.99. The summed E-state index contributed by atoms with van der Waals surface area (Å²) < 4.78 is 13.7. The van der Waals surface area contributed by atoms with Gasteiger partial charge in [0.05, 0.1) is 0 Å². The molecule has 1 heterocycles. The third-order valence-corrected chi connectivity index (χ3v) is 4.44. The third kappa shape index (κ3) is 3.37. The Bertz CT molecular complexity index is 381. The predicted molar refractivity (Wildman–Crippen MR) is 74.7 cm³/mol. The van der Waals surface area contributed by atoms with Crippen molar-refractivity contribution in [1.29, 1.82) is 0 Å². The molecule has 1 aliphatic rings. The number of rotatable bonds is 3. The standard InChI is InChI=1S/C14H18Cl2FN/c1-10(15)11-5-7-18(8-6-11)9-12-13(16)3-2-4-14(12)17/h2-4,10-11H,5-9H2,1H3. The number of alkyl halides is 1. The highest BCUT2D eigenvalue weighted by Gasteiger charge is 2.23. The van der Waals surface area contributed by atoms with E-state index in [0.29, 0.717) is 23.0 Å². The van der Waals surface area contributed by atoms with Gasteiger partial charge < -0.3 is 0 Å². The van der Waals surface area contributed by atoms with Gasteiger partial charge in [-0.25, -0.2) is 4.39 Å². The van der Waals surface area contributed by atoms with Crippen LogP contribution in [0.4, 0.5) is 4.39 Å². The van der Waals surface area contributed by atoms with E-state index in [0.717, 1.165) is 25.9 Å². The number of halogens is 3. The first kappa shape index (κ1) is 14.1. The maximum atomic E-state index is 13.7. The summed E-state index contributed by atoms with van der Waals surface area (Å²) in [6, 6.07) is 4.85. The smallest absolute Gasteiger partial charge is 0.129 e. The molecule has 1 aromatic rings. The molecule has 1 nitrogen and oxygen atoms in total. The van der Waals surface area contributed by atoms with Gasteiger partial charge in [-0.3, -0.25) is 4.90 Å². The first-order valence-corrected chi connectivity index (χ1v) is 7.18. The SMILES string of the molecule is CC(Cl)C1CCN(Cc2c(F)cccc2Cl)CC1. The average Bonchev–Trinajstić information content (AvgIpc) is 2.34. The second-order valence-corrected chi connectivity index (χ2v) is 6.09. The zero-order valence-corrected chi connectivity index (χ0v) is 12.0. The lowest BCUT2D eigenvalue weighted by molar-refractivity contribution is 0.175. The monoisotopic (exact) mass is 289 g/mol. The summed E-state index contributed by atoms with van der Waals surface area (Å²) in [5.74, 6) is 0.370. The molecule has 1 atom stereocenters. The molecule has 0 aliphatic carbocycles. The Hall–Kier alpha value is -0.310. The first-order chi connectivity index (χ1) is 8.58. The van der Waals surface area contributed by atoms with Crippen LogP contribution in [0.1, 0.15) is 25.3 Å². The predicted octanol–water partition coefficient (Wildman–Crippen LogP) is 4.32. The van der Waals surface area contributed by atoms with Crippen molar-refractivity contribution in [1.82, 2.24) is 4.90 Å². The topological polar surface area (TPSA) is 3.24 Å². The van der Waals surface area contributed by atoms with E-state index >= 15 is 0 Å². The maximum Gasteiger partial charge on any atom is 0.129 e. The molecule has 0 spiro atoms. The molecule has 100 valence electrons. The molecule has 0 aromatic heterocycles. The highest BCUT2D eigenvalue weighted by atomic mass is 35.5. The lowest BCUT2D eigenvalue weighted by atomic mass is 9.94. The van der Waals surface area contributed by atoms with E-state index in [1.165, 1.54) is 6.07 Å². The summed E-state index contributed by atoms with van der Waals surface area (Å²) in [6.07, 6.45) is 2.16. The van der Waals surface area contributed by atoms with Crippen molar-refractivity contribution in [3.63, 3.8) is 0 Å². The molecule has 0 N–H and O–H groups in total. The van der Waals surface area contributed by atoms with E-state index in [1.54, 1.807) is 12.1 Å². The third-order valence-electron chi connectivity index (χ3n) is 3.73. The lowest BCUT2D eigenvalue weighted by Crippen LogP contribution is -2.35. The van der Waals surface area contributed by atoms with Gasteiger partial charge >= 0.3 is 0 Å². The van der Waals surface area contributed by atoms with Crippen LogP contribution >= 0.6 is 23.2 Å². The minimum atomic E-state index is -0.213. The van der Waals surface area contributed by atoms with Crippen molar-refractivity contribution in [3.8, 4) is 0 Å². The molecular formula is C14H18Cl2FN. The zero-order chi connectivity index (χ0) is 13.1. The molecule has 0 saturated carbocycles. The van der Waals surface area contributed by atoms with Gasteiger partial charge in [-0.2, -0.15) is 0 Å². The Balaban J connectivity index is 1.96. The Labute approximate surface area is 118 Å². The van der Waals surface area contributed by atoms with Crippen LogP contribution in [0.25, 0.3) is 0 Å². The van der Waals surface area contributed by atoms with Crippen LogP contribution in [0.15, 0.2) is 18.2 Å². The fourth-order valence-electron chi connectivity index (χ4n) is 2.48. The fourth-order valence-corrected chi connectivity index (χ4v) is 2.95. The molecule has 1 aromatic carbocycles. The van der Waals surface area contributed by atoms with Crippen LogP contribution in [0.3, 0.4) is 0 Å². The molecule has 0 amide bonds. The average molecular weight is 290 g/mol. The fraction of sp³-hybridized carbons (Fsp3) is 0.571. The molecule has 18 heavy (non-hydrogen) atoms. The Morgan fingerprint density at radius 1 is 1.39 bits per heavy atom. The highest BCUT2D eigenvalue weighted by molar-refractivity contribution is 6.31. The number of hydrogen-bond acceptors (Lipinski definition) is 1. The molecule has 0 bridgehead atoms. The largest absolute Gasteiger partial charge is 0.299 e. The molecule has 1 fully saturated rings. The summed E-state index contributed by atoms with van der Waals surface area (Å²) in [6.45, 7) is 4.57. The van der Waals surface area contributed by atoms with Gasteiger partial charge in [-0.1, -0.05) is 17.7 Å². The number of piperidine rings is 1. The van der Waals surface area contributed by atoms with E-state index in [4.69, 9.17) is 23.2 Å². The second kappa shape index (κ2) is 6.23. The normalized spacial score (nSPS) is 20.0. The minimum absolute atomic E-state index is 0.213. The van der Waals surface area contributed by atoms with Crippen LogP contribution in [-0.2, 0) is 6.54 Å². The van der Waals surface area contributed by atoms with Gasteiger partial charge in [-0.05, 0) is 50.9 Å². The van der Waals surface area contributed by atoms with Crippen molar-refractivity contribution in [2.75, 3.05) is 13.1 Å². The van der Waals surface area contributed by atoms with Crippen LogP contribution in [0.5, 0.6) is 0 Å². The molecule has 1 saturated heterocycles. The van der Waals surface area contributed by atoms with E-state index in [1.807, 2.05) is 0 Å². The van der Waals surface area contributed by atoms with Crippen LogP contribution in [0, 0.1) is 11.7 Å². The lowest BCUT2D eigenvalue weighted by Gasteiger charge is -2.33. The number of likely N-dealkylation sites (tertiary alicyclic amines) is 1. The summed E-state index contributed by atoms with van der Waals surface area (Å²) >= 11 is 12.2. The highest BCUT2D eigenvalue weighted by Crippen LogP contribution is 2.27. The Morgan fingerprint density at radius 2 is 2.06 bits per heavy atom. The van der Waals surface area contributed by atoms with Crippen molar-refractivity contribution >= 4 is 23.2 Å². The van der Waals surface area contributed by atoms with E-state index in [2.05, 4.69) is 11.8 Å². The number of nitrogens with zero attached hydrogens (tertiary/aromatic N) is 1. The molecule has 4 heteroatoms. The Kier molecular flexibility index (Phi) is 4.88. The van der Waals surface area contributed by atoms with Crippen molar-refractivity contribution < 1.29 is 4.39 Å². The number of benzene rings is 1. The molecular weight excluding hydrogens is 272 g/mol. The van der Waals surface area contributed by atoms with E-state index in [-0.39, 0.29) is 11.2 Å². The van der Waals surface area contributed by atoms with Gasteiger partial charge in [0.25, 0.3) is 0 Å². The van der Waals surface area contributed by atoms with Crippen LogP contribution in [0.2, 0.25) is 5.02 Å². The quantitative estimate of drug-likeness (QED) is 0.749. The van der Waals surface area contributed by atoms with Crippen molar-refractivity contribution in [2.45, 2.75) is 31.7 Å². The Morgan fingerprint density at radius 3 is 2.61 bits per heavy atom. The van der Waals surface area contributed by atoms with Crippen molar-refractivity contribution in [2.24, 2.45) is 5.92 Å². The zero-order valence-electron chi connectivity index (χ0n) is 10.5.